The summed E-state index contributed by atoms with van der Waals surface area (Å²) in [5, 5.41) is 0. The van der Waals surface area contributed by atoms with Crippen LogP contribution in [0.15, 0.2) is 33.5 Å². The molecule has 146 valence electrons. The number of amides is 1. The van der Waals surface area contributed by atoms with Gasteiger partial charge in [0.05, 0.1) is 5.52 Å². The molecule has 0 atom stereocenters. The van der Waals surface area contributed by atoms with Crippen molar-refractivity contribution in [3.8, 4) is 0 Å². The summed E-state index contributed by atoms with van der Waals surface area (Å²) >= 11 is 0. The highest BCUT2D eigenvalue weighted by Crippen LogP contribution is 2.24. The number of hydrogen-bond acceptors (Lipinski definition) is 4. The Morgan fingerprint density at radius 1 is 1.00 bits per heavy atom. The molecule has 2 aliphatic rings. The number of benzene rings is 1. The van der Waals surface area contributed by atoms with Crippen LogP contribution in [0.2, 0.25) is 0 Å². The van der Waals surface area contributed by atoms with E-state index in [9.17, 15) is 9.59 Å². The monoisotopic (exact) mass is 371 g/mol. The van der Waals surface area contributed by atoms with Gasteiger partial charge in [-0.2, -0.15) is 0 Å². The fourth-order valence-electron chi connectivity index (χ4n) is 4.54. The molecule has 4 rings (SSSR count). The van der Waals surface area contributed by atoms with E-state index in [1.54, 1.807) is 6.07 Å². The third kappa shape index (κ3) is 4.26. The minimum absolute atomic E-state index is 0.00293. The van der Waals surface area contributed by atoms with E-state index in [0.29, 0.717) is 11.1 Å². The first-order valence-corrected chi connectivity index (χ1v) is 10.3. The SMILES string of the molecule is O=C(Cn1c(=O)oc2ccccc21)N1CCCN(CC2CCCCC2)CC1. The molecule has 0 unspecified atom stereocenters. The van der Waals surface area contributed by atoms with Crippen molar-refractivity contribution >= 4 is 17.0 Å². The van der Waals surface area contributed by atoms with Crippen molar-refractivity contribution in [3.63, 3.8) is 0 Å². The van der Waals surface area contributed by atoms with Gasteiger partial charge >= 0.3 is 5.76 Å². The summed E-state index contributed by atoms with van der Waals surface area (Å²) in [5.41, 5.74) is 1.22. The van der Waals surface area contributed by atoms with E-state index in [0.717, 1.165) is 38.5 Å². The van der Waals surface area contributed by atoms with Gasteiger partial charge < -0.3 is 14.2 Å². The lowest BCUT2D eigenvalue weighted by Crippen LogP contribution is -2.39. The van der Waals surface area contributed by atoms with Crippen molar-refractivity contribution in [3.05, 3.63) is 34.8 Å². The zero-order valence-electron chi connectivity index (χ0n) is 15.9. The Labute approximate surface area is 159 Å². The number of aromatic nitrogens is 1. The second-order valence-corrected chi connectivity index (χ2v) is 7.96. The highest BCUT2D eigenvalue weighted by Gasteiger charge is 2.23. The Balaban J connectivity index is 1.36. The van der Waals surface area contributed by atoms with Gasteiger partial charge in [-0.25, -0.2) is 4.79 Å². The van der Waals surface area contributed by atoms with Gasteiger partial charge in [0.2, 0.25) is 5.91 Å². The molecule has 2 heterocycles. The van der Waals surface area contributed by atoms with E-state index in [1.165, 1.54) is 43.2 Å². The molecule has 1 amide bonds. The molecule has 6 heteroatoms. The van der Waals surface area contributed by atoms with Crippen LogP contribution in [0.3, 0.4) is 0 Å². The second kappa shape index (κ2) is 8.30. The minimum Gasteiger partial charge on any atom is -0.408 e. The molecule has 1 saturated heterocycles. The number of hydrogen-bond donors (Lipinski definition) is 0. The van der Waals surface area contributed by atoms with Crippen molar-refractivity contribution in [2.75, 3.05) is 32.7 Å². The van der Waals surface area contributed by atoms with Gasteiger partial charge in [-0.15, -0.1) is 0 Å². The quantitative estimate of drug-likeness (QED) is 0.829. The molecule has 1 aromatic heterocycles. The number of rotatable bonds is 4. The molecule has 27 heavy (non-hydrogen) atoms. The van der Waals surface area contributed by atoms with Gasteiger partial charge in [-0.3, -0.25) is 9.36 Å². The predicted molar refractivity (Wildman–Crippen MR) is 105 cm³/mol. The highest BCUT2D eigenvalue weighted by molar-refractivity contribution is 5.79. The first-order valence-electron chi connectivity index (χ1n) is 10.3. The summed E-state index contributed by atoms with van der Waals surface area (Å²) in [6.45, 7) is 4.74. The zero-order chi connectivity index (χ0) is 18.6. The number of carbonyl (C=O) groups excluding carboxylic acids is 1. The third-order valence-corrected chi connectivity index (χ3v) is 6.05. The number of nitrogens with zero attached hydrogens (tertiary/aromatic N) is 3. The lowest BCUT2D eigenvalue weighted by atomic mass is 9.89. The van der Waals surface area contributed by atoms with E-state index in [4.69, 9.17) is 4.42 Å². The first kappa shape index (κ1) is 18.3. The number of oxazole rings is 1. The number of fused-ring (bicyclic) bond motifs is 1. The van der Waals surface area contributed by atoms with Gasteiger partial charge in [0, 0.05) is 26.2 Å². The summed E-state index contributed by atoms with van der Waals surface area (Å²) < 4.78 is 6.69. The summed E-state index contributed by atoms with van der Waals surface area (Å²) in [4.78, 5) is 29.4. The summed E-state index contributed by atoms with van der Waals surface area (Å²) in [6, 6.07) is 7.26. The average molecular weight is 371 g/mol. The molecule has 0 bridgehead atoms. The lowest BCUT2D eigenvalue weighted by Gasteiger charge is -2.28. The largest absolute Gasteiger partial charge is 0.420 e. The number of carbonyl (C=O) groups is 1. The van der Waals surface area contributed by atoms with Crippen LogP contribution in [-0.4, -0.2) is 53.0 Å². The molecule has 6 nitrogen and oxygen atoms in total. The minimum atomic E-state index is -0.460. The summed E-state index contributed by atoms with van der Waals surface area (Å²) in [5.74, 6) is 0.373. The van der Waals surface area contributed by atoms with Gasteiger partial charge in [0.15, 0.2) is 5.58 Å². The molecular formula is C21H29N3O3. The van der Waals surface area contributed by atoms with Crippen LogP contribution in [0.4, 0.5) is 0 Å². The molecule has 1 saturated carbocycles. The smallest absolute Gasteiger partial charge is 0.408 e. The third-order valence-electron chi connectivity index (χ3n) is 6.05. The van der Waals surface area contributed by atoms with Crippen LogP contribution in [0, 0.1) is 5.92 Å². The first-order chi connectivity index (χ1) is 13.2. The van der Waals surface area contributed by atoms with Crippen LogP contribution in [0.5, 0.6) is 0 Å². The van der Waals surface area contributed by atoms with Crippen LogP contribution in [0.1, 0.15) is 38.5 Å². The fraction of sp³-hybridized carbons (Fsp3) is 0.619. The van der Waals surface area contributed by atoms with E-state index >= 15 is 0 Å². The Kier molecular flexibility index (Phi) is 5.62. The Bertz CT molecular complexity index is 835. The topological polar surface area (TPSA) is 58.7 Å². The average Bonchev–Trinajstić information content (AvgIpc) is 2.84. The van der Waals surface area contributed by atoms with E-state index in [2.05, 4.69) is 4.90 Å². The molecule has 1 aromatic carbocycles. The van der Waals surface area contributed by atoms with Crippen LogP contribution in [-0.2, 0) is 11.3 Å². The molecule has 0 spiro atoms. The maximum absolute atomic E-state index is 12.8. The van der Waals surface area contributed by atoms with Gasteiger partial charge in [0.25, 0.3) is 0 Å². The van der Waals surface area contributed by atoms with Crippen molar-refractivity contribution in [2.45, 2.75) is 45.1 Å². The van der Waals surface area contributed by atoms with Crippen LogP contribution < -0.4 is 5.76 Å². The van der Waals surface area contributed by atoms with Gasteiger partial charge in [0.1, 0.15) is 6.54 Å². The van der Waals surface area contributed by atoms with Crippen LogP contribution in [0.25, 0.3) is 11.1 Å². The lowest BCUT2D eigenvalue weighted by molar-refractivity contribution is -0.131. The Morgan fingerprint density at radius 2 is 1.81 bits per heavy atom. The molecule has 0 N–H and O–H groups in total. The van der Waals surface area contributed by atoms with Gasteiger partial charge in [-0.1, -0.05) is 31.4 Å². The molecule has 0 radical (unpaired) electrons. The van der Waals surface area contributed by atoms with Crippen molar-refractivity contribution in [1.82, 2.24) is 14.4 Å². The maximum atomic E-state index is 12.8. The van der Waals surface area contributed by atoms with Crippen molar-refractivity contribution < 1.29 is 9.21 Å². The van der Waals surface area contributed by atoms with Crippen LogP contribution >= 0.6 is 0 Å². The van der Waals surface area contributed by atoms with Crippen molar-refractivity contribution in [1.29, 1.82) is 0 Å². The normalized spacial score (nSPS) is 20.1. The molecule has 1 aliphatic carbocycles. The van der Waals surface area contributed by atoms with Gasteiger partial charge in [-0.05, 0) is 43.9 Å². The van der Waals surface area contributed by atoms with Crippen molar-refractivity contribution in [2.24, 2.45) is 5.92 Å². The standard InChI is InChI=1S/C21H29N3O3/c25-20(16-24-18-9-4-5-10-19(18)27-21(24)26)23-12-6-11-22(13-14-23)15-17-7-2-1-3-8-17/h4-5,9-10,17H,1-3,6-8,11-16H2. The zero-order valence-corrected chi connectivity index (χ0v) is 15.9. The van der Waals surface area contributed by atoms with E-state index in [1.807, 2.05) is 23.1 Å². The Morgan fingerprint density at radius 3 is 2.67 bits per heavy atom. The summed E-state index contributed by atoms with van der Waals surface area (Å²) in [6.07, 6.45) is 7.85. The predicted octanol–water partition coefficient (Wildman–Crippen LogP) is 2.71. The summed E-state index contributed by atoms with van der Waals surface area (Å²) in [7, 11) is 0. The van der Waals surface area contributed by atoms with E-state index < -0.39 is 5.76 Å². The maximum Gasteiger partial charge on any atom is 0.420 e. The number of para-hydroxylation sites is 2. The fourth-order valence-corrected chi connectivity index (χ4v) is 4.54. The highest BCUT2D eigenvalue weighted by atomic mass is 16.4. The Hall–Kier alpha value is -2.08. The second-order valence-electron chi connectivity index (χ2n) is 7.96. The molecule has 2 aromatic rings. The van der Waals surface area contributed by atoms with E-state index in [-0.39, 0.29) is 12.5 Å². The molecule has 2 fully saturated rings. The molecule has 1 aliphatic heterocycles. The molecular weight excluding hydrogens is 342 g/mol.